The van der Waals surface area contributed by atoms with Crippen LogP contribution < -0.4 is 10.6 Å². The zero-order valence-electron chi connectivity index (χ0n) is 13.4. The zero-order valence-corrected chi connectivity index (χ0v) is 13.4. The highest BCUT2D eigenvalue weighted by atomic mass is 16.2. The molecule has 0 saturated heterocycles. The van der Waals surface area contributed by atoms with Gasteiger partial charge < -0.3 is 10.6 Å². The van der Waals surface area contributed by atoms with Crippen molar-refractivity contribution in [1.82, 2.24) is 10.6 Å². The second-order valence-corrected chi connectivity index (χ2v) is 6.01. The van der Waals surface area contributed by atoms with Crippen LogP contribution in [-0.4, -0.2) is 18.4 Å². The van der Waals surface area contributed by atoms with Gasteiger partial charge in [-0.2, -0.15) is 0 Å². The van der Waals surface area contributed by atoms with E-state index in [9.17, 15) is 9.59 Å². The monoisotopic (exact) mass is 302 g/mol. The molecule has 1 saturated carbocycles. The number of benzene rings is 1. The van der Waals surface area contributed by atoms with Gasteiger partial charge in [-0.15, -0.1) is 0 Å². The lowest BCUT2D eigenvalue weighted by Crippen LogP contribution is -2.25. The first kappa shape index (κ1) is 16.5. The van der Waals surface area contributed by atoms with Crippen molar-refractivity contribution in [2.45, 2.75) is 52.0 Å². The summed E-state index contributed by atoms with van der Waals surface area (Å²) in [5, 5.41) is 5.87. The molecule has 2 N–H and O–H groups in total. The highest BCUT2D eigenvalue weighted by Gasteiger charge is 2.29. The second-order valence-electron chi connectivity index (χ2n) is 6.01. The Morgan fingerprint density at radius 1 is 1.05 bits per heavy atom. The quantitative estimate of drug-likeness (QED) is 0.689. The number of carbonyl (C=O) groups excluding carboxylic acids is 2. The Morgan fingerprint density at radius 2 is 1.77 bits per heavy atom. The Balaban J connectivity index is 1.70. The highest BCUT2D eigenvalue weighted by molar-refractivity contribution is 5.94. The van der Waals surface area contributed by atoms with Crippen LogP contribution in [0.2, 0.25) is 0 Å². The minimum absolute atomic E-state index is 0.0231. The summed E-state index contributed by atoms with van der Waals surface area (Å²) in [5.74, 6) is 0.358. The third-order valence-corrected chi connectivity index (χ3v) is 3.95. The summed E-state index contributed by atoms with van der Waals surface area (Å²) in [5.41, 5.74) is 1.70. The Bertz CT molecular complexity index is 492. The fourth-order valence-corrected chi connectivity index (χ4v) is 2.31. The lowest BCUT2D eigenvalue weighted by molar-refractivity contribution is -0.122. The van der Waals surface area contributed by atoms with Crippen molar-refractivity contribution in [3.63, 3.8) is 0 Å². The van der Waals surface area contributed by atoms with Gasteiger partial charge in [0.15, 0.2) is 0 Å². The van der Waals surface area contributed by atoms with Crippen molar-refractivity contribution in [3.05, 3.63) is 35.4 Å². The summed E-state index contributed by atoms with van der Waals surface area (Å²) in [6, 6.07) is 7.44. The largest absolute Gasteiger partial charge is 0.352 e. The van der Waals surface area contributed by atoms with Crippen LogP contribution in [-0.2, 0) is 11.3 Å². The fraction of sp³-hybridized carbons (Fsp3) is 0.556. The first-order chi connectivity index (χ1) is 10.7. The standard InChI is InChI=1S/C18H26N2O2/c1-2-3-4-5-12-19-17(21)15-8-6-14(7-9-15)13-20-18(22)16-10-11-16/h6-9,16H,2-5,10-13H2,1H3,(H,19,21)(H,20,22). The zero-order chi connectivity index (χ0) is 15.8. The van der Waals surface area contributed by atoms with E-state index in [-0.39, 0.29) is 17.7 Å². The van der Waals surface area contributed by atoms with Gasteiger partial charge in [-0.3, -0.25) is 9.59 Å². The van der Waals surface area contributed by atoms with Crippen LogP contribution in [0.1, 0.15) is 61.4 Å². The lowest BCUT2D eigenvalue weighted by Gasteiger charge is -2.07. The SMILES string of the molecule is CCCCCCNC(=O)c1ccc(CNC(=O)C2CC2)cc1. The molecule has 1 aromatic carbocycles. The molecule has 1 aromatic rings. The molecule has 4 heteroatoms. The van der Waals surface area contributed by atoms with Gasteiger partial charge >= 0.3 is 0 Å². The summed E-state index contributed by atoms with van der Waals surface area (Å²) < 4.78 is 0. The lowest BCUT2D eigenvalue weighted by atomic mass is 10.1. The molecule has 4 nitrogen and oxygen atoms in total. The second kappa shape index (κ2) is 8.57. The summed E-state index contributed by atoms with van der Waals surface area (Å²) in [6.07, 6.45) is 6.65. The Labute approximate surface area is 132 Å². The molecule has 0 unspecified atom stereocenters. The van der Waals surface area contributed by atoms with Gasteiger partial charge in [-0.05, 0) is 37.0 Å². The summed E-state index contributed by atoms with van der Waals surface area (Å²) in [6.45, 7) is 3.44. The van der Waals surface area contributed by atoms with Crippen molar-refractivity contribution in [1.29, 1.82) is 0 Å². The first-order valence-electron chi connectivity index (χ1n) is 8.35. The average Bonchev–Trinajstić information content (AvgIpc) is 3.37. The van der Waals surface area contributed by atoms with Gasteiger partial charge in [0.25, 0.3) is 5.91 Å². The molecule has 2 amide bonds. The molecule has 2 rings (SSSR count). The molecule has 22 heavy (non-hydrogen) atoms. The molecule has 0 aliphatic heterocycles. The van der Waals surface area contributed by atoms with E-state index in [0.717, 1.165) is 37.8 Å². The fourth-order valence-electron chi connectivity index (χ4n) is 2.31. The Hall–Kier alpha value is -1.84. The van der Waals surface area contributed by atoms with E-state index in [1.807, 2.05) is 24.3 Å². The topological polar surface area (TPSA) is 58.2 Å². The summed E-state index contributed by atoms with van der Waals surface area (Å²) >= 11 is 0. The molecule has 120 valence electrons. The van der Waals surface area contributed by atoms with Crippen LogP contribution in [0.25, 0.3) is 0 Å². The van der Waals surface area contributed by atoms with E-state index in [2.05, 4.69) is 17.6 Å². The van der Waals surface area contributed by atoms with Gasteiger partial charge in [0.2, 0.25) is 5.91 Å². The Morgan fingerprint density at radius 3 is 2.41 bits per heavy atom. The number of carbonyl (C=O) groups is 2. The third-order valence-electron chi connectivity index (χ3n) is 3.95. The average molecular weight is 302 g/mol. The van der Waals surface area contributed by atoms with Gasteiger partial charge in [0.05, 0.1) is 0 Å². The van der Waals surface area contributed by atoms with Crippen LogP contribution in [0.15, 0.2) is 24.3 Å². The van der Waals surface area contributed by atoms with E-state index in [1.165, 1.54) is 12.8 Å². The smallest absolute Gasteiger partial charge is 0.251 e. The maximum Gasteiger partial charge on any atom is 0.251 e. The van der Waals surface area contributed by atoms with E-state index in [1.54, 1.807) is 0 Å². The maximum absolute atomic E-state index is 12.0. The number of hydrogen-bond acceptors (Lipinski definition) is 2. The number of amides is 2. The van der Waals surface area contributed by atoms with E-state index < -0.39 is 0 Å². The van der Waals surface area contributed by atoms with Gasteiger partial charge in [-0.25, -0.2) is 0 Å². The molecule has 1 aliphatic carbocycles. The molecule has 0 atom stereocenters. The predicted molar refractivity (Wildman–Crippen MR) is 87.5 cm³/mol. The van der Waals surface area contributed by atoms with E-state index in [0.29, 0.717) is 12.1 Å². The van der Waals surface area contributed by atoms with E-state index >= 15 is 0 Å². The van der Waals surface area contributed by atoms with Crippen molar-refractivity contribution < 1.29 is 9.59 Å². The van der Waals surface area contributed by atoms with Gasteiger partial charge in [-0.1, -0.05) is 38.3 Å². The predicted octanol–water partition coefficient (Wildman–Crippen LogP) is 3.02. The van der Waals surface area contributed by atoms with Crippen LogP contribution in [0.5, 0.6) is 0 Å². The molecule has 1 fully saturated rings. The third kappa shape index (κ3) is 5.51. The molecule has 0 spiro atoms. The van der Waals surface area contributed by atoms with Crippen LogP contribution in [0.4, 0.5) is 0 Å². The van der Waals surface area contributed by atoms with Crippen molar-refractivity contribution in [2.24, 2.45) is 5.92 Å². The minimum Gasteiger partial charge on any atom is -0.352 e. The molecule has 0 radical (unpaired) electrons. The van der Waals surface area contributed by atoms with Crippen LogP contribution in [0.3, 0.4) is 0 Å². The molecular weight excluding hydrogens is 276 g/mol. The number of hydrogen-bond donors (Lipinski definition) is 2. The molecule has 0 aromatic heterocycles. The number of rotatable bonds is 9. The van der Waals surface area contributed by atoms with Crippen molar-refractivity contribution >= 4 is 11.8 Å². The normalized spacial score (nSPS) is 13.7. The maximum atomic E-state index is 12.0. The van der Waals surface area contributed by atoms with Gasteiger partial charge in [0, 0.05) is 24.6 Å². The molecular formula is C18H26N2O2. The molecule has 0 heterocycles. The molecule has 0 bridgehead atoms. The summed E-state index contributed by atoms with van der Waals surface area (Å²) in [7, 11) is 0. The van der Waals surface area contributed by atoms with E-state index in [4.69, 9.17) is 0 Å². The number of unbranched alkanes of at least 4 members (excludes halogenated alkanes) is 3. The number of nitrogens with one attached hydrogen (secondary N) is 2. The molecule has 1 aliphatic rings. The Kier molecular flexibility index (Phi) is 6.44. The highest BCUT2D eigenvalue weighted by Crippen LogP contribution is 2.28. The van der Waals surface area contributed by atoms with Gasteiger partial charge in [0.1, 0.15) is 0 Å². The van der Waals surface area contributed by atoms with Crippen molar-refractivity contribution in [2.75, 3.05) is 6.54 Å². The van der Waals surface area contributed by atoms with Crippen LogP contribution in [0, 0.1) is 5.92 Å². The minimum atomic E-state index is -0.0231. The first-order valence-corrected chi connectivity index (χ1v) is 8.35. The summed E-state index contributed by atoms with van der Waals surface area (Å²) in [4.78, 5) is 23.5. The van der Waals surface area contributed by atoms with Crippen molar-refractivity contribution in [3.8, 4) is 0 Å². The van der Waals surface area contributed by atoms with Crippen LogP contribution >= 0.6 is 0 Å².